The molecular weight excluding hydrogens is 404 g/mol. The second-order valence-electron chi connectivity index (χ2n) is 5.75. The number of piperazine rings is 1. The first kappa shape index (κ1) is 18.2. The van der Waals surface area contributed by atoms with Gasteiger partial charge in [-0.15, -0.1) is 0 Å². The molecule has 1 heterocycles. The van der Waals surface area contributed by atoms with E-state index < -0.39 is 10.0 Å². The Balaban J connectivity index is 1.80. The zero-order chi connectivity index (χ0) is 17.9. The molecule has 0 amide bonds. The predicted octanol–water partition coefficient (Wildman–Crippen LogP) is 3.36. The minimum atomic E-state index is -3.59. The molecule has 7 heteroatoms. The van der Waals surface area contributed by atoms with Crippen molar-refractivity contribution in [2.24, 2.45) is 0 Å². The van der Waals surface area contributed by atoms with Gasteiger partial charge in [0, 0.05) is 36.3 Å². The monoisotopic (exact) mass is 424 g/mol. The molecule has 25 heavy (non-hydrogen) atoms. The highest BCUT2D eigenvalue weighted by Gasteiger charge is 2.31. The number of sulfonamides is 1. The summed E-state index contributed by atoms with van der Waals surface area (Å²) in [4.78, 5) is 2.42. The van der Waals surface area contributed by atoms with Gasteiger partial charge in [0.15, 0.2) is 0 Å². The smallest absolute Gasteiger partial charge is 0.246 e. The second-order valence-corrected chi connectivity index (χ2v) is 8.57. The van der Waals surface area contributed by atoms with Crippen LogP contribution in [0.5, 0.6) is 5.75 Å². The van der Waals surface area contributed by atoms with Crippen LogP contribution in [-0.2, 0) is 10.0 Å². The lowest BCUT2D eigenvalue weighted by Gasteiger charge is -2.35. The van der Waals surface area contributed by atoms with Gasteiger partial charge in [0.2, 0.25) is 10.0 Å². The molecule has 2 aromatic carbocycles. The van der Waals surface area contributed by atoms with Crippen LogP contribution in [0.25, 0.3) is 0 Å². The first-order valence-corrected chi connectivity index (χ1v) is 10.5. The second kappa shape index (κ2) is 7.76. The van der Waals surface area contributed by atoms with E-state index in [1.807, 2.05) is 37.3 Å². The van der Waals surface area contributed by atoms with Crippen LogP contribution < -0.4 is 9.64 Å². The van der Waals surface area contributed by atoms with Gasteiger partial charge in [-0.2, -0.15) is 4.31 Å². The largest absolute Gasteiger partial charge is 0.492 e. The van der Waals surface area contributed by atoms with Gasteiger partial charge >= 0.3 is 0 Å². The first-order valence-electron chi connectivity index (χ1n) is 8.25. The molecule has 0 unspecified atom stereocenters. The van der Waals surface area contributed by atoms with Crippen molar-refractivity contribution in [3.05, 3.63) is 53.0 Å². The van der Waals surface area contributed by atoms with Crippen LogP contribution in [0.2, 0.25) is 0 Å². The molecule has 0 N–H and O–H groups in total. The molecular formula is C18H21BrN2O3S. The van der Waals surface area contributed by atoms with Gasteiger partial charge in [0.25, 0.3) is 0 Å². The van der Waals surface area contributed by atoms with Gasteiger partial charge in [-0.3, -0.25) is 0 Å². The van der Waals surface area contributed by atoms with Crippen LogP contribution in [0.15, 0.2) is 57.9 Å². The van der Waals surface area contributed by atoms with Gasteiger partial charge in [0.05, 0.1) is 6.61 Å². The maximum absolute atomic E-state index is 13.1. The van der Waals surface area contributed by atoms with Gasteiger partial charge in [-0.05, 0) is 37.3 Å². The third-order valence-corrected chi connectivity index (χ3v) is 6.60. The fraction of sp³-hybridized carbons (Fsp3) is 0.333. The summed E-state index contributed by atoms with van der Waals surface area (Å²) in [6.45, 7) is 4.51. The van der Waals surface area contributed by atoms with E-state index >= 15 is 0 Å². The topological polar surface area (TPSA) is 49.9 Å². The van der Waals surface area contributed by atoms with Crippen molar-refractivity contribution in [2.75, 3.05) is 37.7 Å². The highest BCUT2D eigenvalue weighted by molar-refractivity contribution is 9.10. The lowest BCUT2D eigenvalue weighted by atomic mass is 10.2. The molecule has 0 atom stereocenters. The zero-order valence-corrected chi connectivity index (χ0v) is 16.5. The fourth-order valence-electron chi connectivity index (χ4n) is 2.92. The Morgan fingerprint density at radius 3 is 2.36 bits per heavy atom. The van der Waals surface area contributed by atoms with E-state index in [0.29, 0.717) is 38.5 Å². The number of ether oxygens (including phenoxy) is 1. The Labute approximate surface area is 157 Å². The number of para-hydroxylation sites is 1. The van der Waals surface area contributed by atoms with E-state index in [1.165, 1.54) is 4.31 Å². The van der Waals surface area contributed by atoms with Gasteiger partial charge < -0.3 is 9.64 Å². The summed E-state index contributed by atoms with van der Waals surface area (Å²) in [7, 11) is -3.59. The summed E-state index contributed by atoms with van der Waals surface area (Å²) >= 11 is 3.36. The predicted molar refractivity (Wildman–Crippen MR) is 103 cm³/mol. The standard InChI is InChI=1S/C18H21BrN2O3S/c1-2-24-17-9-8-15(19)14-18(17)25(22,23)21-12-10-20(11-13-21)16-6-4-3-5-7-16/h3-9,14H,2,10-13H2,1H3. The van der Waals surface area contributed by atoms with Gasteiger partial charge in [-0.1, -0.05) is 34.1 Å². The van der Waals surface area contributed by atoms with Crippen molar-refractivity contribution in [1.29, 1.82) is 0 Å². The quantitative estimate of drug-likeness (QED) is 0.738. The van der Waals surface area contributed by atoms with E-state index in [0.717, 1.165) is 10.2 Å². The van der Waals surface area contributed by atoms with Crippen LogP contribution in [0.3, 0.4) is 0 Å². The average Bonchev–Trinajstić information content (AvgIpc) is 2.64. The van der Waals surface area contributed by atoms with E-state index in [-0.39, 0.29) is 4.90 Å². The van der Waals surface area contributed by atoms with Crippen LogP contribution in [0.1, 0.15) is 6.92 Å². The summed E-state index contributed by atoms with van der Waals surface area (Å²) < 4.78 is 34.0. The molecule has 0 bridgehead atoms. The molecule has 0 aliphatic carbocycles. The Morgan fingerprint density at radius 1 is 1.04 bits per heavy atom. The third kappa shape index (κ3) is 3.99. The molecule has 0 radical (unpaired) electrons. The molecule has 1 aliphatic rings. The van der Waals surface area contributed by atoms with Crippen molar-refractivity contribution in [1.82, 2.24) is 4.31 Å². The molecule has 3 rings (SSSR count). The highest BCUT2D eigenvalue weighted by atomic mass is 79.9. The number of benzene rings is 2. The molecule has 2 aromatic rings. The number of rotatable bonds is 5. The summed E-state index contributed by atoms with van der Waals surface area (Å²) in [5.74, 6) is 0.399. The summed E-state index contributed by atoms with van der Waals surface area (Å²) in [5.41, 5.74) is 1.12. The van der Waals surface area contributed by atoms with Crippen molar-refractivity contribution in [2.45, 2.75) is 11.8 Å². The molecule has 0 saturated carbocycles. The van der Waals surface area contributed by atoms with Gasteiger partial charge in [0.1, 0.15) is 10.6 Å². The highest BCUT2D eigenvalue weighted by Crippen LogP contribution is 2.31. The Bertz CT molecular complexity index is 819. The Hall–Kier alpha value is -1.57. The van der Waals surface area contributed by atoms with Crippen LogP contribution in [-0.4, -0.2) is 45.5 Å². The first-order chi connectivity index (χ1) is 12.0. The van der Waals surface area contributed by atoms with E-state index in [2.05, 4.69) is 20.8 Å². The van der Waals surface area contributed by atoms with Crippen LogP contribution >= 0.6 is 15.9 Å². The minimum Gasteiger partial charge on any atom is -0.492 e. The molecule has 1 fully saturated rings. The van der Waals surface area contributed by atoms with E-state index in [1.54, 1.807) is 18.2 Å². The molecule has 0 spiro atoms. The Morgan fingerprint density at radius 2 is 1.72 bits per heavy atom. The van der Waals surface area contributed by atoms with Crippen molar-refractivity contribution >= 4 is 31.6 Å². The fourth-order valence-corrected chi connectivity index (χ4v) is 5.01. The number of hydrogen-bond acceptors (Lipinski definition) is 4. The maximum atomic E-state index is 13.1. The summed E-state index contributed by atoms with van der Waals surface area (Å²) in [6.07, 6.45) is 0. The molecule has 1 aliphatic heterocycles. The average molecular weight is 425 g/mol. The van der Waals surface area contributed by atoms with Crippen LogP contribution in [0.4, 0.5) is 5.69 Å². The third-order valence-electron chi connectivity index (χ3n) is 4.18. The van der Waals surface area contributed by atoms with Crippen LogP contribution in [0, 0.1) is 0 Å². The Kier molecular flexibility index (Phi) is 5.66. The van der Waals surface area contributed by atoms with Gasteiger partial charge in [-0.25, -0.2) is 8.42 Å². The number of halogens is 1. The SMILES string of the molecule is CCOc1ccc(Br)cc1S(=O)(=O)N1CCN(c2ccccc2)CC1. The van der Waals surface area contributed by atoms with E-state index in [9.17, 15) is 8.42 Å². The molecule has 1 saturated heterocycles. The summed E-state index contributed by atoms with van der Waals surface area (Å²) in [5, 5.41) is 0. The van der Waals surface area contributed by atoms with E-state index in [4.69, 9.17) is 4.74 Å². The normalized spacial score (nSPS) is 16.0. The minimum absolute atomic E-state index is 0.219. The maximum Gasteiger partial charge on any atom is 0.246 e. The number of anilines is 1. The number of hydrogen-bond donors (Lipinski definition) is 0. The molecule has 134 valence electrons. The van der Waals surface area contributed by atoms with Crippen molar-refractivity contribution in [3.63, 3.8) is 0 Å². The molecule has 0 aromatic heterocycles. The van der Waals surface area contributed by atoms with Crippen molar-refractivity contribution < 1.29 is 13.2 Å². The lowest BCUT2D eigenvalue weighted by Crippen LogP contribution is -2.48. The zero-order valence-electron chi connectivity index (χ0n) is 14.1. The molecule has 5 nitrogen and oxygen atoms in total. The van der Waals surface area contributed by atoms with Crippen molar-refractivity contribution in [3.8, 4) is 5.75 Å². The lowest BCUT2D eigenvalue weighted by molar-refractivity contribution is 0.327. The summed E-state index contributed by atoms with van der Waals surface area (Å²) in [6, 6.07) is 15.2. The number of nitrogens with zero attached hydrogens (tertiary/aromatic N) is 2.